The number of carbonyl (C=O) groups is 1. The van der Waals surface area contributed by atoms with Crippen LogP contribution in [0.4, 0.5) is 0 Å². The van der Waals surface area contributed by atoms with E-state index in [2.05, 4.69) is 15.3 Å². The molecule has 22 heavy (non-hydrogen) atoms. The maximum Gasteiger partial charge on any atom is 0.240 e. The second-order valence-corrected chi connectivity index (χ2v) is 5.09. The van der Waals surface area contributed by atoms with E-state index in [9.17, 15) is 4.79 Å². The summed E-state index contributed by atoms with van der Waals surface area (Å²) in [6.45, 7) is 2.82. The summed E-state index contributed by atoms with van der Waals surface area (Å²) < 4.78 is 1.98. The molecule has 1 aromatic carbocycles. The summed E-state index contributed by atoms with van der Waals surface area (Å²) in [6, 6.07) is 11.7. The van der Waals surface area contributed by atoms with Crippen LogP contribution in [-0.2, 0) is 24.3 Å². The first-order valence-corrected chi connectivity index (χ1v) is 7.37. The fourth-order valence-corrected chi connectivity index (χ4v) is 2.47. The third kappa shape index (κ3) is 2.98. The van der Waals surface area contributed by atoms with Gasteiger partial charge in [-0.15, -0.1) is 0 Å². The molecule has 0 atom stereocenters. The maximum absolute atomic E-state index is 12.2. The number of hydrogen-bond acceptors (Lipinski definition) is 3. The highest BCUT2D eigenvalue weighted by molar-refractivity contribution is 5.81. The van der Waals surface area contributed by atoms with Crippen molar-refractivity contribution in [2.75, 3.05) is 0 Å². The highest BCUT2D eigenvalue weighted by Crippen LogP contribution is 2.16. The van der Waals surface area contributed by atoms with Crippen LogP contribution in [0.1, 0.15) is 18.3 Å². The molecule has 0 fully saturated rings. The molecule has 3 aromatic rings. The van der Waals surface area contributed by atoms with Gasteiger partial charge in [-0.25, -0.2) is 4.98 Å². The molecule has 0 radical (unpaired) electrons. The molecule has 0 saturated heterocycles. The summed E-state index contributed by atoms with van der Waals surface area (Å²) in [4.78, 5) is 20.8. The van der Waals surface area contributed by atoms with E-state index in [1.807, 2.05) is 47.9 Å². The molecule has 1 N–H and O–H groups in total. The van der Waals surface area contributed by atoms with Gasteiger partial charge in [-0.05, 0) is 23.8 Å². The lowest BCUT2D eigenvalue weighted by atomic mass is 10.3. The van der Waals surface area contributed by atoms with Crippen molar-refractivity contribution in [2.45, 2.75) is 26.4 Å². The highest BCUT2D eigenvalue weighted by atomic mass is 16.1. The standard InChI is InChI=1S/C17H18N4O/c1-2-16-20-14-7-3-4-8-15(14)21(16)12-17(22)19-11-13-6-5-9-18-10-13/h3-10H,2,11-12H2,1H3,(H,19,22). The Hall–Kier alpha value is -2.69. The quantitative estimate of drug-likeness (QED) is 0.785. The van der Waals surface area contributed by atoms with Gasteiger partial charge in [0.15, 0.2) is 0 Å². The number of para-hydroxylation sites is 2. The van der Waals surface area contributed by atoms with Crippen LogP contribution in [0.15, 0.2) is 48.8 Å². The normalized spacial score (nSPS) is 10.8. The Labute approximate surface area is 129 Å². The number of imidazole rings is 1. The van der Waals surface area contributed by atoms with Crippen molar-refractivity contribution >= 4 is 16.9 Å². The van der Waals surface area contributed by atoms with Crippen molar-refractivity contribution < 1.29 is 4.79 Å². The molecular formula is C17H18N4O. The molecule has 0 aliphatic heterocycles. The average Bonchev–Trinajstić information content (AvgIpc) is 2.92. The van der Waals surface area contributed by atoms with Gasteiger partial charge in [0.2, 0.25) is 5.91 Å². The zero-order chi connectivity index (χ0) is 15.4. The van der Waals surface area contributed by atoms with Crippen molar-refractivity contribution in [3.63, 3.8) is 0 Å². The fraction of sp³-hybridized carbons (Fsp3) is 0.235. The fourth-order valence-electron chi connectivity index (χ4n) is 2.47. The van der Waals surface area contributed by atoms with Gasteiger partial charge in [0, 0.05) is 25.4 Å². The molecule has 112 valence electrons. The summed E-state index contributed by atoms with van der Waals surface area (Å²) >= 11 is 0. The summed E-state index contributed by atoms with van der Waals surface area (Å²) in [6.07, 6.45) is 4.27. The van der Waals surface area contributed by atoms with Gasteiger partial charge in [-0.2, -0.15) is 0 Å². The number of aromatic nitrogens is 3. The van der Waals surface area contributed by atoms with E-state index in [-0.39, 0.29) is 12.5 Å². The first kappa shape index (κ1) is 14.3. The van der Waals surface area contributed by atoms with Gasteiger partial charge in [0.25, 0.3) is 0 Å². The van der Waals surface area contributed by atoms with E-state index >= 15 is 0 Å². The summed E-state index contributed by atoms with van der Waals surface area (Å²) in [5, 5.41) is 2.93. The number of benzene rings is 1. The zero-order valence-corrected chi connectivity index (χ0v) is 12.5. The van der Waals surface area contributed by atoms with E-state index in [0.29, 0.717) is 6.54 Å². The molecule has 0 bridgehead atoms. The lowest BCUT2D eigenvalue weighted by molar-refractivity contribution is -0.121. The lowest BCUT2D eigenvalue weighted by Crippen LogP contribution is -2.27. The first-order valence-electron chi connectivity index (χ1n) is 7.37. The van der Waals surface area contributed by atoms with Crippen LogP contribution in [0.25, 0.3) is 11.0 Å². The second kappa shape index (κ2) is 6.39. The topological polar surface area (TPSA) is 59.8 Å². The van der Waals surface area contributed by atoms with Gasteiger partial charge in [-0.1, -0.05) is 25.1 Å². The Morgan fingerprint density at radius 2 is 2.09 bits per heavy atom. The predicted molar refractivity (Wildman–Crippen MR) is 85.2 cm³/mol. The van der Waals surface area contributed by atoms with E-state index < -0.39 is 0 Å². The maximum atomic E-state index is 12.2. The Bertz CT molecular complexity index is 780. The SMILES string of the molecule is CCc1nc2ccccc2n1CC(=O)NCc1cccnc1. The molecule has 5 nitrogen and oxygen atoms in total. The molecule has 0 spiro atoms. The summed E-state index contributed by atoms with van der Waals surface area (Å²) in [7, 11) is 0. The van der Waals surface area contributed by atoms with Crippen LogP contribution >= 0.6 is 0 Å². The summed E-state index contributed by atoms with van der Waals surface area (Å²) in [5.74, 6) is 0.902. The van der Waals surface area contributed by atoms with Crippen molar-refractivity contribution in [3.8, 4) is 0 Å². The highest BCUT2D eigenvalue weighted by Gasteiger charge is 2.12. The molecule has 0 aliphatic rings. The van der Waals surface area contributed by atoms with E-state index in [1.54, 1.807) is 12.4 Å². The Balaban J connectivity index is 1.73. The first-order chi connectivity index (χ1) is 10.8. The molecule has 0 saturated carbocycles. The average molecular weight is 294 g/mol. The number of amides is 1. The number of pyridine rings is 1. The van der Waals surface area contributed by atoms with E-state index in [4.69, 9.17) is 0 Å². The van der Waals surface area contributed by atoms with Crippen LogP contribution in [-0.4, -0.2) is 20.4 Å². The summed E-state index contributed by atoms with van der Waals surface area (Å²) in [5.41, 5.74) is 2.91. The van der Waals surface area contributed by atoms with Crippen molar-refractivity contribution in [2.24, 2.45) is 0 Å². The number of rotatable bonds is 5. The van der Waals surface area contributed by atoms with Crippen molar-refractivity contribution in [1.82, 2.24) is 19.9 Å². The lowest BCUT2D eigenvalue weighted by Gasteiger charge is -2.09. The minimum atomic E-state index is -0.0262. The van der Waals surface area contributed by atoms with Crippen LogP contribution in [0.3, 0.4) is 0 Å². The van der Waals surface area contributed by atoms with Gasteiger partial charge in [-0.3, -0.25) is 9.78 Å². The molecule has 1 amide bonds. The Kier molecular flexibility index (Phi) is 4.14. The number of nitrogens with zero attached hydrogens (tertiary/aromatic N) is 3. The smallest absolute Gasteiger partial charge is 0.240 e. The Morgan fingerprint density at radius 3 is 2.86 bits per heavy atom. The van der Waals surface area contributed by atoms with Crippen LogP contribution in [0, 0.1) is 0 Å². The van der Waals surface area contributed by atoms with E-state index in [1.165, 1.54) is 0 Å². The van der Waals surface area contributed by atoms with Gasteiger partial charge < -0.3 is 9.88 Å². The number of carbonyl (C=O) groups excluding carboxylic acids is 1. The third-order valence-electron chi connectivity index (χ3n) is 3.56. The van der Waals surface area contributed by atoms with Crippen LogP contribution < -0.4 is 5.32 Å². The van der Waals surface area contributed by atoms with Gasteiger partial charge in [0.1, 0.15) is 12.4 Å². The van der Waals surface area contributed by atoms with Crippen LogP contribution in [0.2, 0.25) is 0 Å². The van der Waals surface area contributed by atoms with Gasteiger partial charge >= 0.3 is 0 Å². The molecular weight excluding hydrogens is 276 g/mol. The minimum Gasteiger partial charge on any atom is -0.350 e. The molecule has 3 rings (SSSR count). The largest absolute Gasteiger partial charge is 0.350 e. The molecule has 2 heterocycles. The van der Waals surface area contributed by atoms with Crippen molar-refractivity contribution in [3.05, 3.63) is 60.2 Å². The second-order valence-electron chi connectivity index (χ2n) is 5.09. The van der Waals surface area contributed by atoms with Gasteiger partial charge in [0.05, 0.1) is 11.0 Å². The third-order valence-corrected chi connectivity index (χ3v) is 3.56. The molecule has 2 aromatic heterocycles. The molecule has 0 aliphatic carbocycles. The number of fused-ring (bicyclic) bond motifs is 1. The monoisotopic (exact) mass is 294 g/mol. The van der Waals surface area contributed by atoms with E-state index in [0.717, 1.165) is 28.8 Å². The molecule has 5 heteroatoms. The van der Waals surface area contributed by atoms with Crippen molar-refractivity contribution in [1.29, 1.82) is 0 Å². The Morgan fingerprint density at radius 1 is 1.23 bits per heavy atom. The number of nitrogens with one attached hydrogen (secondary N) is 1. The number of aryl methyl sites for hydroxylation is 1. The minimum absolute atomic E-state index is 0.0262. The molecule has 0 unspecified atom stereocenters. The zero-order valence-electron chi connectivity index (χ0n) is 12.5. The van der Waals surface area contributed by atoms with Crippen LogP contribution in [0.5, 0.6) is 0 Å². The number of hydrogen-bond donors (Lipinski definition) is 1. The predicted octanol–water partition coefficient (Wildman–Crippen LogP) is 2.31.